The molecule has 120 valence electrons. The predicted molar refractivity (Wildman–Crippen MR) is 100 cm³/mol. The van der Waals surface area contributed by atoms with E-state index in [0.717, 1.165) is 0 Å². The van der Waals surface area contributed by atoms with E-state index in [2.05, 4.69) is 94.0 Å². The smallest absolute Gasteiger partial charge is 0.201 e. The zero-order chi connectivity index (χ0) is 17.1. The maximum absolute atomic E-state index is 2.36. The van der Waals surface area contributed by atoms with E-state index < -0.39 is 0 Å². The maximum atomic E-state index is 2.36. The fourth-order valence-corrected chi connectivity index (χ4v) is 4.24. The summed E-state index contributed by atoms with van der Waals surface area (Å²) in [4.78, 5) is 0. The van der Waals surface area contributed by atoms with Crippen molar-refractivity contribution in [3.8, 4) is 22.4 Å². The molecule has 0 atom stereocenters. The van der Waals surface area contributed by atoms with Gasteiger partial charge >= 0.3 is 0 Å². The first-order valence-electron chi connectivity index (χ1n) is 8.62. The summed E-state index contributed by atoms with van der Waals surface area (Å²) in [7, 11) is 2.13. The number of hydrogen-bond donors (Lipinski definition) is 0. The van der Waals surface area contributed by atoms with Crippen molar-refractivity contribution in [2.75, 3.05) is 0 Å². The van der Waals surface area contributed by atoms with Gasteiger partial charge in [0.2, 0.25) is 5.69 Å². The van der Waals surface area contributed by atoms with Gasteiger partial charge in [-0.3, -0.25) is 0 Å². The Morgan fingerprint density at radius 2 is 1.62 bits per heavy atom. The third-order valence-corrected chi connectivity index (χ3v) is 5.49. The van der Waals surface area contributed by atoms with Crippen LogP contribution in [0.15, 0.2) is 54.7 Å². The monoisotopic (exact) mass is 314 g/mol. The lowest BCUT2D eigenvalue weighted by Gasteiger charge is -2.24. The van der Waals surface area contributed by atoms with Crippen molar-refractivity contribution in [3.63, 3.8) is 0 Å². The summed E-state index contributed by atoms with van der Waals surface area (Å²) in [5.41, 5.74) is 11.0. The van der Waals surface area contributed by atoms with Gasteiger partial charge in [0.1, 0.15) is 7.05 Å². The van der Waals surface area contributed by atoms with Crippen molar-refractivity contribution in [3.05, 3.63) is 77.0 Å². The van der Waals surface area contributed by atoms with E-state index in [9.17, 15) is 0 Å². The minimum absolute atomic E-state index is 0.0148. The SMILES string of the molecule is Cc1ccc2c(c1)C(C)(C)c1c-2ccc(C)c1-c1cccc[n+]1C. The van der Waals surface area contributed by atoms with Crippen LogP contribution in [0.3, 0.4) is 0 Å². The normalized spacial score (nSPS) is 14.4. The summed E-state index contributed by atoms with van der Waals surface area (Å²) in [5.74, 6) is 0. The molecule has 0 bridgehead atoms. The summed E-state index contributed by atoms with van der Waals surface area (Å²) in [6.45, 7) is 9.14. The summed E-state index contributed by atoms with van der Waals surface area (Å²) in [6, 6.07) is 17.9. The first-order valence-corrected chi connectivity index (χ1v) is 8.62. The van der Waals surface area contributed by atoms with Gasteiger partial charge in [0.25, 0.3) is 0 Å². The topological polar surface area (TPSA) is 3.88 Å². The minimum Gasteiger partial charge on any atom is -0.201 e. The Bertz CT molecular complexity index is 964. The van der Waals surface area contributed by atoms with E-state index in [0.29, 0.717) is 0 Å². The van der Waals surface area contributed by atoms with Gasteiger partial charge in [0.05, 0.1) is 5.56 Å². The van der Waals surface area contributed by atoms with Gasteiger partial charge in [-0.15, -0.1) is 0 Å². The van der Waals surface area contributed by atoms with Crippen LogP contribution in [0.2, 0.25) is 0 Å². The van der Waals surface area contributed by atoms with Crippen LogP contribution >= 0.6 is 0 Å². The van der Waals surface area contributed by atoms with Crippen LogP contribution in [-0.2, 0) is 12.5 Å². The average Bonchev–Trinajstić information content (AvgIpc) is 2.76. The molecule has 0 spiro atoms. The summed E-state index contributed by atoms with van der Waals surface area (Å²) >= 11 is 0. The molecule has 4 rings (SSSR count). The highest BCUT2D eigenvalue weighted by atomic mass is 14.9. The zero-order valence-corrected chi connectivity index (χ0v) is 15.1. The van der Waals surface area contributed by atoms with Crippen LogP contribution in [0, 0.1) is 13.8 Å². The van der Waals surface area contributed by atoms with Crippen molar-refractivity contribution in [2.24, 2.45) is 7.05 Å². The molecule has 0 saturated heterocycles. The molecule has 0 fully saturated rings. The van der Waals surface area contributed by atoms with Crippen LogP contribution in [0.25, 0.3) is 22.4 Å². The van der Waals surface area contributed by atoms with Crippen molar-refractivity contribution >= 4 is 0 Å². The van der Waals surface area contributed by atoms with E-state index in [4.69, 9.17) is 0 Å². The molecule has 0 N–H and O–H groups in total. The summed E-state index contributed by atoms with van der Waals surface area (Å²) in [6.07, 6.45) is 2.13. The molecule has 0 unspecified atom stereocenters. The molecule has 0 saturated carbocycles. The molecule has 24 heavy (non-hydrogen) atoms. The first-order chi connectivity index (χ1) is 11.4. The fraction of sp³-hybridized carbons (Fsp3) is 0.261. The van der Waals surface area contributed by atoms with Gasteiger partial charge in [-0.25, -0.2) is 4.57 Å². The van der Waals surface area contributed by atoms with Gasteiger partial charge in [0.15, 0.2) is 6.20 Å². The van der Waals surface area contributed by atoms with Gasteiger partial charge in [-0.05, 0) is 47.7 Å². The van der Waals surface area contributed by atoms with Crippen LogP contribution in [0.5, 0.6) is 0 Å². The Morgan fingerprint density at radius 1 is 0.875 bits per heavy atom. The number of aryl methyl sites for hydroxylation is 3. The van der Waals surface area contributed by atoms with Crippen LogP contribution in [-0.4, -0.2) is 0 Å². The standard InChI is InChI=1S/C23H24N/c1-15-9-11-17-18-12-10-16(2)21(20-8-6-7-13-24(20)5)22(18)23(3,4)19(17)14-15/h6-14H,1-5H3/q+1. The van der Waals surface area contributed by atoms with Crippen LogP contribution in [0.1, 0.15) is 36.1 Å². The summed E-state index contributed by atoms with van der Waals surface area (Å²) in [5, 5.41) is 0. The molecule has 1 heteroatoms. The fourth-order valence-electron chi connectivity index (χ4n) is 4.24. The van der Waals surface area contributed by atoms with E-state index >= 15 is 0 Å². The van der Waals surface area contributed by atoms with Crippen molar-refractivity contribution in [1.82, 2.24) is 0 Å². The molecule has 0 radical (unpaired) electrons. The van der Waals surface area contributed by atoms with E-state index in [1.165, 1.54) is 44.6 Å². The highest BCUT2D eigenvalue weighted by molar-refractivity contribution is 5.88. The molecule has 0 amide bonds. The lowest BCUT2D eigenvalue weighted by Crippen LogP contribution is -2.31. The molecular weight excluding hydrogens is 290 g/mol. The third-order valence-electron chi connectivity index (χ3n) is 5.49. The largest absolute Gasteiger partial charge is 0.212 e. The molecule has 1 nitrogen and oxygen atoms in total. The number of nitrogens with zero attached hydrogens (tertiary/aromatic N) is 1. The molecular formula is C23H24N+. The van der Waals surface area contributed by atoms with Crippen molar-refractivity contribution in [2.45, 2.75) is 33.1 Å². The van der Waals surface area contributed by atoms with E-state index in [1.807, 2.05) is 0 Å². The Hall–Kier alpha value is -2.41. The highest BCUT2D eigenvalue weighted by Crippen LogP contribution is 2.52. The van der Waals surface area contributed by atoms with Gasteiger partial charge < -0.3 is 0 Å². The van der Waals surface area contributed by atoms with Crippen LogP contribution in [0.4, 0.5) is 0 Å². The summed E-state index contributed by atoms with van der Waals surface area (Å²) < 4.78 is 2.23. The number of benzene rings is 2. The van der Waals surface area contributed by atoms with Crippen LogP contribution < -0.4 is 4.57 Å². The number of aromatic nitrogens is 1. The Kier molecular flexibility index (Phi) is 3.18. The lowest BCUT2D eigenvalue weighted by atomic mass is 9.78. The predicted octanol–water partition coefficient (Wildman–Crippen LogP) is 5.10. The Balaban J connectivity index is 2.11. The number of hydrogen-bond acceptors (Lipinski definition) is 0. The molecule has 1 aromatic heterocycles. The lowest BCUT2D eigenvalue weighted by molar-refractivity contribution is -0.660. The molecule has 1 aliphatic rings. The second-order valence-electron chi connectivity index (χ2n) is 7.55. The second-order valence-corrected chi connectivity index (χ2v) is 7.55. The van der Waals surface area contributed by atoms with Gasteiger partial charge in [-0.1, -0.05) is 49.7 Å². The Labute approximate surface area is 144 Å². The Morgan fingerprint density at radius 3 is 2.38 bits per heavy atom. The molecule has 1 heterocycles. The molecule has 3 aromatic rings. The number of fused-ring (bicyclic) bond motifs is 3. The number of rotatable bonds is 1. The van der Waals surface area contributed by atoms with E-state index in [1.54, 1.807) is 0 Å². The molecule has 2 aromatic carbocycles. The van der Waals surface area contributed by atoms with Crippen molar-refractivity contribution in [1.29, 1.82) is 0 Å². The third kappa shape index (κ3) is 1.97. The van der Waals surface area contributed by atoms with E-state index in [-0.39, 0.29) is 5.41 Å². The van der Waals surface area contributed by atoms with Crippen molar-refractivity contribution < 1.29 is 4.57 Å². The van der Waals surface area contributed by atoms with Gasteiger partial charge in [-0.2, -0.15) is 0 Å². The first kappa shape index (κ1) is 15.1. The quantitative estimate of drug-likeness (QED) is 0.550. The number of pyridine rings is 1. The molecule has 0 aliphatic heterocycles. The second kappa shape index (κ2) is 5.04. The zero-order valence-electron chi connectivity index (χ0n) is 15.1. The van der Waals surface area contributed by atoms with Gasteiger partial charge in [0, 0.05) is 17.5 Å². The molecule has 1 aliphatic carbocycles. The minimum atomic E-state index is 0.0148. The maximum Gasteiger partial charge on any atom is 0.212 e. The highest BCUT2D eigenvalue weighted by Gasteiger charge is 2.39. The average molecular weight is 314 g/mol.